The summed E-state index contributed by atoms with van der Waals surface area (Å²) in [5.41, 5.74) is 4.36. The van der Waals surface area contributed by atoms with E-state index in [9.17, 15) is 9.18 Å². The third-order valence-electron chi connectivity index (χ3n) is 6.11. The van der Waals surface area contributed by atoms with Gasteiger partial charge in [-0.25, -0.2) is 4.39 Å². The Morgan fingerprint density at radius 2 is 1.87 bits per heavy atom. The zero-order valence-corrected chi connectivity index (χ0v) is 17.6. The predicted molar refractivity (Wildman–Crippen MR) is 120 cm³/mol. The maximum atomic E-state index is 13.5. The van der Waals surface area contributed by atoms with Gasteiger partial charge in [-0.3, -0.25) is 14.5 Å². The van der Waals surface area contributed by atoms with Crippen LogP contribution < -0.4 is 5.32 Å². The topological polar surface area (TPSA) is 59.8 Å². The average molecular weight is 417 g/mol. The van der Waals surface area contributed by atoms with E-state index in [2.05, 4.69) is 16.4 Å². The molecule has 0 bridgehead atoms. The van der Waals surface area contributed by atoms with Crippen LogP contribution in [0.5, 0.6) is 0 Å². The third-order valence-corrected chi connectivity index (χ3v) is 6.11. The second-order valence-electron chi connectivity index (χ2n) is 8.46. The highest BCUT2D eigenvalue weighted by molar-refractivity contribution is 6.08. The fourth-order valence-electron chi connectivity index (χ4n) is 4.56. The van der Waals surface area contributed by atoms with Crippen LogP contribution in [-0.4, -0.2) is 26.7 Å². The zero-order chi connectivity index (χ0) is 21.4. The number of benzene rings is 2. The van der Waals surface area contributed by atoms with Crippen molar-refractivity contribution in [3.8, 4) is 11.3 Å². The molecule has 1 amide bonds. The number of aromatic nitrogens is 3. The molecular weight excluding hydrogens is 391 g/mol. The smallest absolute Gasteiger partial charge is 0.241 e. The van der Waals surface area contributed by atoms with E-state index in [1.165, 1.54) is 31.4 Å². The monoisotopic (exact) mass is 416 g/mol. The number of pyridine rings is 1. The van der Waals surface area contributed by atoms with Gasteiger partial charge in [0.2, 0.25) is 5.91 Å². The lowest BCUT2D eigenvalue weighted by molar-refractivity contribution is -0.122. The second-order valence-corrected chi connectivity index (χ2v) is 8.46. The van der Waals surface area contributed by atoms with Crippen LogP contribution in [0.1, 0.15) is 37.7 Å². The number of carbonyl (C=O) groups is 1. The van der Waals surface area contributed by atoms with E-state index in [1.807, 2.05) is 19.1 Å². The minimum atomic E-state index is -0.293. The molecule has 158 valence electrons. The van der Waals surface area contributed by atoms with Gasteiger partial charge in [-0.1, -0.05) is 30.9 Å². The summed E-state index contributed by atoms with van der Waals surface area (Å²) in [6.07, 6.45) is 7.46. The van der Waals surface area contributed by atoms with Crippen molar-refractivity contribution in [3.05, 3.63) is 60.0 Å². The number of hydrogen-bond acceptors (Lipinski definition) is 3. The van der Waals surface area contributed by atoms with Crippen molar-refractivity contribution < 1.29 is 9.18 Å². The molecule has 1 aliphatic rings. The fraction of sp³-hybridized carbons (Fsp3) is 0.320. The molecule has 2 aromatic carbocycles. The first-order chi connectivity index (χ1) is 15.1. The maximum Gasteiger partial charge on any atom is 0.241 e. The van der Waals surface area contributed by atoms with Crippen LogP contribution in [0.25, 0.3) is 33.1 Å². The second kappa shape index (κ2) is 8.10. The van der Waals surface area contributed by atoms with E-state index in [0.717, 1.165) is 45.8 Å². The van der Waals surface area contributed by atoms with E-state index >= 15 is 0 Å². The summed E-state index contributed by atoms with van der Waals surface area (Å²) >= 11 is 0. The van der Waals surface area contributed by atoms with Gasteiger partial charge in [0.15, 0.2) is 0 Å². The number of amides is 1. The zero-order valence-electron chi connectivity index (χ0n) is 17.6. The minimum absolute atomic E-state index is 0.0282. The molecule has 2 heterocycles. The summed E-state index contributed by atoms with van der Waals surface area (Å²) in [4.78, 5) is 17.5. The number of hydrogen-bond donors (Lipinski definition) is 1. The number of nitrogens with one attached hydrogen (secondary N) is 1. The van der Waals surface area contributed by atoms with E-state index in [0.29, 0.717) is 5.69 Å². The summed E-state index contributed by atoms with van der Waals surface area (Å²) in [5.74, 6) is -0.321. The molecule has 4 aromatic rings. The molecule has 0 saturated heterocycles. The molecule has 2 aromatic heterocycles. The first-order valence-corrected chi connectivity index (χ1v) is 10.9. The van der Waals surface area contributed by atoms with Crippen LogP contribution in [0.4, 0.5) is 4.39 Å². The molecule has 0 radical (unpaired) electrons. The molecule has 1 fully saturated rings. The number of fused-ring (bicyclic) bond motifs is 3. The van der Waals surface area contributed by atoms with Crippen LogP contribution in [-0.2, 0) is 11.3 Å². The minimum Gasteiger partial charge on any atom is -0.352 e. The average Bonchev–Trinajstić information content (AvgIpc) is 3.13. The lowest BCUT2D eigenvalue weighted by Gasteiger charge is -2.22. The van der Waals surface area contributed by atoms with E-state index in [1.54, 1.807) is 23.0 Å². The number of nitrogens with zero attached hydrogens (tertiary/aromatic N) is 3. The van der Waals surface area contributed by atoms with E-state index in [4.69, 9.17) is 5.10 Å². The fourth-order valence-corrected chi connectivity index (χ4v) is 4.56. The Labute approximate surface area is 180 Å². The number of aryl methyl sites for hydroxylation is 1. The van der Waals surface area contributed by atoms with Gasteiger partial charge in [0.25, 0.3) is 0 Å². The molecule has 0 spiro atoms. The summed E-state index contributed by atoms with van der Waals surface area (Å²) < 4.78 is 15.3. The van der Waals surface area contributed by atoms with Gasteiger partial charge in [-0.15, -0.1) is 0 Å². The van der Waals surface area contributed by atoms with Gasteiger partial charge in [-0.05, 0) is 56.2 Å². The molecule has 1 N–H and O–H groups in total. The van der Waals surface area contributed by atoms with Crippen LogP contribution in [0.15, 0.2) is 48.7 Å². The van der Waals surface area contributed by atoms with Gasteiger partial charge in [0, 0.05) is 28.6 Å². The van der Waals surface area contributed by atoms with E-state index in [-0.39, 0.29) is 24.3 Å². The van der Waals surface area contributed by atoms with Crippen molar-refractivity contribution >= 4 is 27.7 Å². The largest absolute Gasteiger partial charge is 0.352 e. The van der Waals surface area contributed by atoms with Crippen molar-refractivity contribution in [3.63, 3.8) is 0 Å². The molecule has 1 saturated carbocycles. The van der Waals surface area contributed by atoms with Crippen LogP contribution in [0, 0.1) is 12.7 Å². The molecule has 1 aliphatic carbocycles. The summed E-state index contributed by atoms with van der Waals surface area (Å²) in [6, 6.07) is 12.6. The Balaban J connectivity index is 1.60. The summed E-state index contributed by atoms with van der Waals surface area (Å²) in [7, 11) is 0. The highest BCUT2D eigenvalue weighted by atomic mass is 19.1. The molecule has 5 rings (SSSR count). The van der Waals surface area contributed by atoms with Gasteiger partial charge < -0.3 is 5.32 Å². The van der Waals surface area contributed by atoms with Crippen LogP contribution in [0.2, 0.25) is 0 Å². The van der Waals surface area contributed by atoms with Crippen molar-refractivity contribution in [2.45, 2.75) is 51.6 Å². The maximum absolute atomic E-state index is 13.5. The Kier molecular flexibility index (Phi) is 5.14. The van der Waals surface area contributed by atoms with Crippen LogP contribution in [0.3, 0.4) is 0 Å². The Morgan fingerprint density at radius 3 is 2.65 bits per heavy atom. The Hall–Kier alpha value is -3.28. The molecule has 31 heavy (non-hydrogen) atoms. The van der Waals surface area contributed by atoms with Crippen molar-refractivity contribution in [2.75, 3.05) is 0 Å². The predicted octanol–water partition coefficient (Wildman–Crippen LogP) is 5.15. The molecule has 6 heteroatoms. The molecule has 5 nitrogen and oxygen atoms in total. The third kappa shape index (κ3) is 3.90. The molecule has 0 atom stereocenters. The van der Waals surface area contributed by atoms with Crippen molar-refractivity contribution in [2.24, 2.45) is 0 Å². The molecular formula is C25H25FN4O. The van der Waals surface area contributed by atoms with Gasteiger partial charge in [0.1, 0.15) is 18.1 Å². The molecule has 0 unspecified atom stereocenters. The van der Waals surface area contributed by atoms with Gasteiger partial charge in [-0.2, -0.15) is 5.10 Å². The Morgan fingerprint density at radius 1 is 1.10 bits per heavy atom. The van der Waals surface area contributed by atoms with Gasteiger partial charge in [0.05, 0.1) is 11.0 Å². The highest BCUT2D eigenvalue weighted by Crippen LogP contribution is 2.32. The summed E-state index contributed by atoms with van der Waals surface area (Å²) in [5, 5.41) is 9.80. The molecule has 0 aliphatic heterocycles. The first kappa shape index (κ1) is 19.7. The lowest BCUT2D eigenvalue weighted by Crippen LogP contribution is -2.38. The quantitative estimate of drug-likeness (QED) is 0.501. The Bertz CT molecular complexity index is 1260. The van der Waals surface area contributed by atoms with Crippen LogP contribution >= 0.6 is 0 Å². The number of carbonyl (C=O) groups excluding carboxylic acids is 1. The summed E-state index contributed by atoms with van der Waals surface area (Å²) in [6.45, 7) is 2.18. The van der Waals surface area contributed by atoms with Crippen molar-refractivity contribution in [1.29, 1.82) is 0 Å². The first-order valence-electron chi connectivity index (χ1n) is 10.9. The lowest BCUT2D eigenvalue weighted by atomic mass is 9.95. The normalized spacial score (nSPS) is 14.9. The number of halogens is 1. The van der Waals surface area contributed by atoms with Gasteiger partial charge >= 0.3 is 0 Å². The SMILES string of the molecule is Cc1ccc2ncc3c(-c4ccc(F)cc4)nn(CC(=O)NC4CCCCC4)c3c2c1. The standard InChI is InChI=1S/C25H25FN4O/c1-16-7-12-22-20(13-16)25-21(14-27-22)24(17-8-10-18(26)11-9-17)29-30(25)15-23(31)28-19-5-3-2-4-6-19/h7-14,19H,2-6,15H2,1H3,(H,28,31). The van der Waals surface area contributed by atoms with Crippen molar-refractivity contribution in [1.82, 2.24) is 20.1 Å². The van der Waals surface area contributed by atoms with E-state index < -0.39 is 0 Å². The number of rotatable bonds is 4. The highest BCUT2D eigenvalue weighted by Gasteiger charge is 2.20.